The number of ether oxygens (including phenoxy) is 1. The lowest BCUT2D eigenvalue weighted by Gasteiger charge is -2.19. The van der Waals surface area contributed by atoms with Crippen molar-refractivity contribution in [2.45, 2.75) is 5.92 Å². The van der Waals surface area contributed by atoms with Crippen LogP contribution in [0.15, 0.2) is 103 Å². The van der Waals surface area contributed by atoms with Gasteiger partial charge < -0.3 is 14.9 Å². The van der Waals surface area contributed by atoms with Crippen molar-refractivity contribution in [3.63, 3.8) is 0 Å². The Balaban J connectivity index is 1.68. The van der Waals surface area contributed by atoms with E-state index in [1.165, 1.54) is 0 Å². The molecule has 28 heavy (non-hydrogen) atoms. The van der Waals surface area contributed by atoms with Crippen molar-refractivity contribution in [1.29, 1.82) is 0 Å². The van der Waals surface area contributed by atoms with Crippen LogP contribution in [-0.2, 0) is 0 Å². The maximum atomic E-state index is 9.64. The number of phenols is 2. The van der Waals surface area contributed by atoms with Crippen LogP contribution in [0.5, 0.6) is 23.0 Å². The summed E-state index contributed by atoms with van der Waals surface area (Å²) in [6.07, 6.45) is 0. The van der Waals surface area contributed by atoms with Gasteiger partial charge in [0.15, 0.2) is 0 Å². The summed E-state index contributed by atoms with van der Waals surface area (Å²) in [5.74, 6) is 2.01. The first-order valence-corrected chi connectivity index (χ1v) is 9.10. The van der Waals surface area contributed by atoms with E-state index in [1.807, 2.05) is 78.9 Å². The van der Waals surface area contributed by atoms with Crippen LogP contribution in [0.4, 0.5) is 0 Å². The van der Waals surface area contributed by atoms with E-state index in [4.69, 9.17) is 4.74 Å². The lowest BCUT2D eigenvalue weighted by atomic mass is 9.85. The molecular formula is C25H20O3. The average Bonchev–Trinajstić information content (AvgIpc) is 2.73. The number of rotatable bonds is 5. The van der Waals surface area contributed by atoms with Crippen LogP contribution < -0.4 is 4.74 Å². The maximum Gasteiger partial charge on any atom is 0.127 e. The van der Waals surface area contributed by atoms with Gasteiger partial charge in [0, 0.05) is 5.92 Å². The summed E-state index contributed by atoms with van der Waals surface area (Å²) in [6.45, 7) is 0. The number of hydrogen-bond donors (Lipinski definition) is 2. The zero-order valence-corrected chi connectivity index (χ0v) is 15.2. The molecule has 0 spiro atoms. The molecule has 0 aliphatic heterocycles. The number of hydrogen-bond acceptors (Lipinski definition) is 3. The molecule has 0 amide bonds. The molecule has 0 saturated carbocycles. The molecule has 0 bridgehead atoms. The second-order valence-corrected chi connectivity index (χ2v) is 6.60. The Kier molecular flexibility index (Phi) is 4.98. The van der Waals surface area contributed by atoms with Gasteiger partial charge in [0.05, 0.1) is 0 Å². The summed E-state index contributed by atoms with van der Waals surface area (Å²) in [5.41, 5.74) is 3.21. The van der Waals surface area contributed by atoms with Crippen LogP contribution in [0, 0.1) is 0 Å². The van der Waals surface area contributed by atoms with Crippen LogP contribution in [-0.4, -0.2) is 10.2 Å². The van der Waals surface area contributed by atoms with Crippen molar-refractivity contribution in [1.82, 2.24) is 0 Å². The first-order valence-electron chi connectivity index (χ1n) is 9.10. The Morgan fingerprint density at radius 3 is 1.32 bits per heavy atom. The Hall–Kier alpha value is -3.72. The quantitative estimate of drug-likeness (QED) is 0.420. The van der Waals surface area contributed by atoms with Gasteiger partial charge in [-0.25, -0.2) is 0 Å². The molecule has 0 saturated heterocycles. The highest BCUT2D eigenvalue weighted by molar-refractivity contribution is 5.47. The van der Waals surface area contributed by atoms with E-state index in [1.54, 1.807) is 24.3 Å². The largest absolute Gasteiger partial charge is 0.508 e. The predicted octanol–water partition coefficient (Wildman–Crippen LogP) is 6.07. The molecule has 0 fully saturated rings. The van der Waals surface area contributed by atoms with Gasteiger partial charge in [-0.05, 0) is 65.2 Å². The Labute approximate surface area is 164 Å². The molecule has 3 nitrogen and oxygen atoms in total. The van der Waals surface area contributed by atoms with Gasteiger partial charge in [0.25, 0.3) is 0 Å². The summed E-state index contributed by atoms with van der Waals surface area (Å²) < 4.78 is 5.89. The van der Waals surface area contributed by atoms with Gasteiger partial charge in [-0.1, -0.05) is 54.6 Å². The SMILES string of the molecule is Oc1ccc(C(c2ccc(O)cc2)c2ccc(Oc3ccccc3)cc2)cc1. The van der Waals surface area contributed by atoms with Gasteiger partial charge >= 0.3 is 0 Å². The minimum atomic E-state index is -0.0213. The molecule has 0 unspecified atom stereocenters. The number of aromatic hydroxyl groups is 2. The molecule has 138 valence electrons. The van der Waals surface area contributed by atoms with Gasteiger partial charge in [0.2, 0.25) is 0 Å². The molecule has 4 aromatic carbocycles. The van der Waals surface area contributed by atoms with Gasteiger partial charge in [-0.2, -0.15) is 0 Å². The molecular weight excluding hydrogens is 348 g/mol. The van der Waals surface area contributed by atoms with Crippen LogP contribution in [0.1, 0.15) is 22.6 Å². The molecule has 0 radical (unpaired) electrons. The third kappa shape index (κ3) is 3.99. The summed E-state index contributed by atoms with van der Waals surface area (Å²) in [7, 11) is 0. The van der Waals surface area contributed by atoms with Crippen LogP contribution in [0.2, 0.25) is 0 Å². The smallest absolute Gasteiger partial charge is 0.127 e. The molecule has 0 aromatic heterocycles. The first-order chi connectivity index (χ1) is 13.7. The van der Waals surface area contributed by atoms with Crippen molar-refractivity contribution >= 4 is 0 Å². The van der Waals surface area contributed by atoms with Crippen molar-refractivity contribution < 1.29 is 14.9 Å². The van der Waals surface area contributed by atoms with E-state index in [-0.39, 0.29) is 17.4 Å². The molecule has 0 aliphatic carbocycles. The van der Waals surface area contributed by atoms with Crippen molar-refractivity contribution in [2.75, 3.05) is 0 Å². The van der Waals surface area contributed by atoms with E-state index in [0.29, 0.717) is 0 Å². The normalized spacial score (nSPS) is 10.8. The van der Waals surface area contributed by atoms with E-state index >= 15 is 0 Å². The fourth-order valence-electron chi connectivity index (χ4n) is 3.26. The third-order valence-corrected chi connectivity index (χ3v) is 4.65. The van der Waals surface area contributed by atoms with Crippen LogP contribution in [0.3, 0.4) is 0 Å². The standard InChI is InChI=1S/C25H20O3/c26-21-12-6-18(7-13-21)25(19-8-14-22(27)15-9-19)20-10-16-24(17-11-20)28-23-4-2-1-3-5-23/h1-17,25-27H. The number of phenolic OH excluding ortho intramolecular Hbond substituents is 2. The number of benzene rings is 4. The lowest BCUT2D eigenvalue weighted by molar-refractivity contribution is 0.475. The third-order valence-electron chi connectivity index (χ3n) is 4.65. The molecule has 4 rings (SSSR count). The monoisotopic (exact) mass is 368 g/mol. The van der Waals surface area contributed by atoms with Gasteiger partial charge in [-0.3, -0.25) is 0 Å². The summed E-state index contributed by atoms with van der Waals surface area (Å²) in [4.78, 5) is 0. The summed E-state index contributed by atoms with van der Waals surface area (Å²) in [5, 5.41) is 19.3. The molecule has 3 heteroatoms. The zero-order valence-electron chi connectivity index (χ0n) is 15.2. The van der Waals surface area contributed by atoms with Crippen molar-refractivity contribution in [3.05, 3.63) is 120 Å². The lowest BCUT2D eigenvalue weighted by Crippen LogP contribution is -2.03. The predicted molar refractivity (Wildman–Crippen MR) is 110 cm³/mol. The Bertz CT molecular complexity index is 976. The topological polar surface area (TPSA) is 49.7 Å². The van der Waals surface area contributed by atoms with E-state index in [0.717, 1.165) is 28.2 Å². The maximum absolute atomic E-state index is 9.64. The van der Waals surface area contributed by atoms with E-state index in [9.17, 15) is 10.2 Å². The van der Waals surface area contributed by atoms with Gasteiger partial charge in [-0.15, -0.1) is 0 Å². The highest BCUT2D eigenvalue weighted by Crippen LogP contribution is 2.34. The van der Waals surface area contributed by atoms with Gasteiger partial charge in [0.1, 0.15) is 23.0 Å². The minimum Gasteiger partial charge on any atom is -0.508 e. The first kappa shape index (κ1) is 17.7. The molecule has 4 aromatic rings. The minimum absolute atomic E-state index is 0.0213. The van der Waals surface area contributed by atoms with Crippen LogP contribution >= 0.6 is 0 Å². The summed E-state index contributed by atoms with van der Waals surface area (Å²) >= 11 is 0. The van der Waals surface area contributed by atoms with Crippen LogP contribution in [0.25, 0.3) is 0 Å². The fourth-order valence-corrected chi connectivity index (χ4v) is 3.26. The second-order valence-electron chi connectivity index (χ2n) is 6.60. The highest BCUT2D eigenvalue weighted by Gasteiger charge is 2.17. The fraction of sp³-hybridized carbons (Fsp3) is 0.0400. The highest BCUT2D eigenvalue weighted by atomic mass is 16.5. The second kappa shape index (κ2) is 7.89. The Morgan fingerprint density at radius 1 is 0.464 bits per heavy atom. The molecule has 0 heterocycles. The average molecular weight is 368 g/mol. The summed E-state index contributed by atoms with van der Waals surface area (Å²) in [6, 6.07) is 32.1. The van der Waals surface area contributed by atoms with E-state index in [2.05, 4.69) is 0 Å². The Morgan fingerprint density at radius 2 is 0.857 bits per heavy atom. The molecule has 0 aliphatic rings. The molecule has 2 N–H and O–H groups in total. The zero-order chi connectivity index (χ0) is 19.3. The molecule has 0 atom stereocenters. The number of para-hydroxylation sites is 1. The van der Waals surface area contributed by atoms with Crippen molar-refractivity contribution in [2.24, 2.45) is 0 Å². The van der Waals surface area contributed by atoms with E-state index < -0.39 is 0 Å². The van der Waals surface area contributed by atoms with Crippen molar-refractivity contribution in [3.8, 4) is 23.0 Å².